The predicted octanol–water partition coefficient (Wildman–Crippen LogP) is 0.948. The summed E-state index contributed by atoms with van der Waals surface area (Å²) in [5.41, 5.74) is 6.70. The maximum atomic E-state index is 13.2. The van der Waals surface area contributed by atoms with Crippen LogP contribution in [0, 0.1) is 11.7 Å². The van der Waals surface area contributed by atoms with E-state index in [0.717, 1.165) is 19.4 Å². The molecule has 4 N–H and O–H groups in total. The number of rotatable bonds is 7. The number of H-pyrrole nitrogens is 1. The normalized spacial score (nSPS) is 18.1. The molecule has 1 aromatic carbocycles. The van der Waals surface area contributed by atoms with Crippen molar-refractivity contribution in [1.82, 2.24) is 20.2 Å². The van der Waals surface area contributed by atoms with Gasteiger partial charge in [0.25, 0.3) is 0 Å². The second-order valence-electron chi connectivity index (χ2n) is 6.74. The largest absolute Gasteiger partial charge is 0.369 e. The SMILES string of the molecule is NC(=O)C1CCCN(CCNC(=O)CCc2nc3ccc(F)cc3[nH]2)C1. The minimum Gasteiger partial charge on any atom is -0.369 e. The zero-order valence-corrected chi connectivity index (χ0v) is 14.6. The van der Waals surface area contributed by atoms with Gasteiger partial charge in [-0.05, 0) is 37.6 Å². The molecule has 2 heterocycles. The van der Waals surface area contributed by atoms with Gasteiger partial charge >= 0.3 is 0 Å². The van der Waals surface area contributed by atoms with Crippen LogP contribution in [0.4, 0.5) is 4.39 Å². The minimum absolute atomic E-state index is 0.0555. The first-order valence-corrected chi connectivity index (χ1v) is 8.94. The topological polar surface area (TPSA) is 104 Å². The van der Waals surface area contributed by atoms with Gasteiger partial charge in [0, 0.05) is 32.5 Å². The van der Waals surface area contributed by atoms with E-state index in [4.69, 9.17) is 5.73 Å². The summed E-state index contributed by atoms with van der Waals surface area (Å²) in [6, 6.07) is 4.37. The Hall–Kier alpha value is -2.48. The Kier molecular flexibility index (Phi) is 5.82. The molecule has 0 spiro atoms. The van der Waals surface area contributed by atoms with Gasteiger partial charge in [0.15, 0.2) is 0 Å². The number of aromatic amines is 1. The molecule has 1 aliphatic rings. The predicted molar refractivity (Wildman–Crippen MR) is 95.7 cm³/mol. The quantitative estimate of drug-likeness (QED) is 0.683. The first kappa shape index (κ1) is 18.3. The summed E-state index contributed by atoms with van der Waals surface area (Å²) >= 11 is 0. The number of primary amides is 1. The van der Waals surface area contributed by atoms with Crippen molar-refractivity contribution in [2.75, 3.05) is 26.2 Å². The van der Waals surface area contributed by atoms with Gasteiger partial charge < -0.3 is 20.9 Å². The number of aryl methyl sites for hydroxylation is 1. The van der Waals surface area contributed by atoms with E-state index in [1.54, 1.807) is 6.07 Å². The average molecular weight is 361 g/mol. The summed E-state index contributed by atoms with van der Waals surface area (Å²) in [5, 5.41) is 2.89. The van der Waals surface area contributed by atoms with Crippen molar-refractivity contribution in [2.24, 2.45) is 11.7 Å². The van der Waals surface area contributed by atoms with Crippen LogP contribution in [0.5, 0.6) is 0 Å². The van der Waals surface area contributed by atoms with E-state index in [0.29, 0.717) is 49.3 Å². The van der Waals surface area contributed by atoms with E-state index in [9.17, 15) is 14.0 Å². The van der Waals surface area contributed by atoms with Gasteiger partial charge in [-0.3, -0.25) is 9.59 Å². The third-order valence-corrected chi connectivity index (χ3v) is 4.74. The molecular formula is C18H24FN5O2. The highest BCUT2D eigenvalue weighted by Gasteiger charge is 2.23. The first-order valence-electron chi connectivity index (χ1n) is 8.94. The van der Waals surface area contributed by atoms with Crippen LogP contribution in [0.25, 0.3) is 11.0 Å². The van der Waals surface area contributed by atoms with Gasteiger partial charge in [0.05, 0.1) is 17.0 Å². The number of hydrogen-bond acceptors (Lipinski definition) is 4. The Morgan fingerprint density at radius 2 is 2.27 bits per heavy atom. The van der Waals surface area contributed by atoms with Crippen LogP contribution in [0.2, 0.25) is 0 Å². The number of carbonyl (C=O) groups is 2. The van der Waals surface area contributed by atoms with E-state index >= 15 is 0 Å². The fraction of sp³-hybridized carbons (Fsp3) is 0.500. The average Bonchev–Trinajstić information content (AvgIpc) is 3.02. The van der Waals surface area contributed by atoms with Crippen molar-refractivity contribution < 1.29 is 14.0 Å². The highest BCUT2D eigenvalue weighted by Crippen LogP contribution is 2.15. The summed E-state index contributed by atoms with van der Waals surface area (Å²) < 4.78 is 13.2. The van der Waals surface area contributed by atoms with Gasteiger partial charge in [-0.1, -0.05) is 0 Å². The van der Waals surface area contributed by atoms with E-state index < -0.39 is 0 Å². The lowest BCUT2D eigenvalue weighted by atomic mass is 9.97. The molecule has 0 saturated carbocycles. The number of benzene rings is 1. The fourth-order valence-electron chi connectivity index (χ4n) is 3.32. The van der Waals surface area contributed by atoms with Crippen molar-refractivity contribution in [3.05, 3.63) is 29.8 Å². The Morgan fingerprint density at radius 3 is 3.08 bits per heavy atom. The van der Waals surface area contributed by atoms with Gasteiger partial charge in [-0.25, -0.2) is 9.37 Å². The van der Waals surface area contributed by atoms with Crippen LogP contribution >= 0.6 is 0 Å². The smallest absolute Gasteiger partial charge is 0.221 e. The molecule has 1 aromatic heterocycles. The zero-order valence-electron chi connectivity index (χ0n) is 14.6. The summed E-state index contributed by atoms with van der Waals surface area (Å²) in [6.07, 6.45) is 2.58. The molecular weight excluding hydrogens is 337 g/mol. The number of nitrogens with two attached hydrogens (primary N) is 1. The van der Waals surface area contributed by atoms with Crippen LogP contribution in [0.3, 0.4) is 0 Å². The van der Waals surface area contributed by atoms with E-state index in [1.165, 1.54) is 12.1 Å². The molecule has 3 rings (SSSR count). The molecule has 2 amide bonds. The minimum atomic E-state index is -0.318. The number of piperidine rings is 1. The number of amides is 2. The summed E-state index contributed by atoms with van der Waals surface area (Å²) in [5.74, 6) is -0.0373. The Bertz CT molecular complexity index is 791. The van der Waals surface area contributed by atoms with E-state index in [-0.39, 0.29) is 23.5 Å². The fourth-order valence-corrected chi connectivity index (χ4v) is 3.32. The Morgan fingerprint density at radius 1 is 1.42 bits per heavy atom. The molecule has 2 aromatic rings. The summed E-state index contributed by atoms with van der Waals surface area (Å²) in [6.45, 7) is 2.84. The highest BCUT2D eigenvalue weighted by atomic mass is 19.1. The van der Waals surface area contributed by atoms with Crippen molar-refractivity contribution >= 4 is 22.8 Å². The summed E-state index contributed by atoms with van der Waals surface area (Å²) in [4.78, 5) is 32.8. The molecule has 1 unspecified atom stereocenters. The van der Waals surface area contributed by atoms with Crippen molar-refractivity contribution in [2.45, 2.75) is 25.7 Å². The molecule has 26 heavy (non-hydrogen) atoms. The van der Waals surface area contributed by atoms with Crippen LogP contribution in [-0.2, 0) is 16.0 Å². The van der Waals surface area contributed by atoms with E-state index in [2.05, 4.69) is 20.2 Å². The van der Waals surface area contributed by atoms with Gasteiger partial charge in [0.2, 0.25) is 11.8 Å². The molecule has 0 aliphatic carbocycles. The number of aromatic nitrogens is 2. The first-order chi connectivity index (χ1) is 12.5. The van der Waals surface area contributed by atoms with Crippen LogP contribution in [0.15, 0.2) is 18.2 Å². The molecule has 1 atom stereocenters. The number of hydrogen-bond donors (Lipinski definition) is 3. The lowest BCUT2D eigenvalue weighted by Crippen LogP contribution is -2.44. The lowest BCUT2D eigenvalue weighted by Gasteiger charge is -2.31. The molecule has 1 aliphatic heterocycles. The molecule has 8 heteroatoms. The third-order valence-electron chi connectivity index (χ3n) is 4.74. The Balaban J connectivity index is 1.39. The zero-order chi connectivity index (χ0) is 18.5. The third kappa shape index (κ3) is 4.78. The number of halogens is 1. The molecule has 7 nitrogen and oxygen atoms in total. The maximum absolute atomic E-state index is 13.2. The van der Waals surface area contributed by atoms with Gasteiger partial charge in [0.1, 0.15) is 11.6 Å². The van der Waals surface area contributed by atoms with Crippen LogP contribution in [0.1, 0.15) is 25.1 Å². The van der Waals surface area contributed by atoms with Crippen LogP contribution in [-0.4, -0.2) is 52.9 Å². The maximum Gasteiger partial charge on any atom is 0.221 e. The van der Waals surface area contributed by atoms with E-state index in [1.807, 2.05) is 0 Å². The highest BCUT2D eigenvalue weighted by molar-refractivity contribution is 5.77. The number of imidazole rings is 1. The van der Waals surface area contributed by atoms with Gasteiger partial charge in [-0.15, -0.1) is 0 Å². The number of carbonyl (C=O) groups excluding carboxylic acids is 2. The lowest BCUT2D eigenvalue weighted by molar-refractivity contribution is -0.124. The van der Waals surface area contributed by atoms with Crippen LogP contribution < -0.4 is 11.1 Å². The standard InChI is InChI=1S/C18H24FN5O2/c19-13-3-4-14-15(10-13)23-16(22-14)5-6-17(25)21-7-9-24-8-1-2-12(11-24)18(20)26/h3-4,10,12H,1-2,5-9,11H2,(H2,20,26)(H,21,25)(H,22,23). The summed E-state index contributed by atoms with van der Waals surface area (Å²) in [7, 11) is 0. The molecule has 1 saturated heterocycles. The second kappa shape index (κ2) is 8.27. The molecule has 140 valence electrons. The number of likely N-dealkylation sites (tertiary alicyclic amines) is 1. The second-order valence-corrected chi connectivity index (χ2v) is 6.74. The molecule has 1 fully saturated rings. The van der Waals surface area contributed by atoms with Crippen molar-refractivity contribution in [3.8, 4) is 0 Å². The molecule has 0 radical (unpaired) electrons. The Labute approximate surface area is 151 Å². The monoisotopic (exact) mass is 361 g/mol. The number of fused-ring (bicyclic) bond motifs is 1. The van der Waals surface area contributed by atoms with Crippen molar-refractivity contribution in [3.63, 3.8) is 0 Å². The number of nitrogens with one attached hydrogen (secondary N) is 2. The van der Waals surface area contributed by atoms with Gasteiger partial charge in [-0.2, -0.15) is 0 Å². The number of nitrogens with zero attached hydrogens (tertiary/aromatic N) is 2. The molecule has 0 bridgehead atoms. The van der Waals surface area contributed by atoms with Crippen molar-refractivity contribution in [1.29, 1.82) is 0 Å².